The fraction of sp³-hybridized carbons (Fsp3) is 0.182. The molecule has 0 atom stereocenters. The third kappa shape index (κ3) is 4.72. The van der Waals surface area contributed by atoms with Crippen LogP contribution in [-0.4, -0.2) is 35.9 Å². The number of nitro benzene ring substituents is 1. The lowest BCUT2D eigenvalue weighted by Crippen LogP contribution is -2.05. The fourth-order valence-corrected chi connectivity index (χ4v) is 3.79. The number of esters is 1. The number of rotatable bonds is 7. The van der Waals surface area contributed by atoms with E-state index in [2.05, 4.69) is 4.99 Å². The first-order valence-corrected chi connectivity index (χ1v) is 10.2. The topological polar surface area (TPSA) is 111 Å². The van der Waals surface area contributed by atoms with E-state index in [4.69, 9.17) is 9.47 Å². The summed E-state index contributed by atoms with van der Waals surface area (Å²) >= 11 is 1.23. The maximum absolute atomic E-state index is 12.7. The van der Waals surface area contributed by atoms with Crippen LogP contribution in [0.2, 0.25) is 0 Å². The molecule has 0 spiro atoms. The summed E-state index contributed by atoms with van der Waals surface area (Å²) in [5, 5.41) is 23.6. The van der Waals surface area contributed by atoms with E-state index in [1.807, 2.05) is 31.2 Å². The number of thiophene rings is 1. The summed E-state index contributed by atoms with van der Waals surface area (Å²) in [6.07, 6.45) is 1.26. The van der Waals surface area contributed by atoms with Crippen LogP contribution in [0.1, 0.15) is 28.4 Å². The van der Waals surface area contributed by atoms with Crippen LogP contribution in [0.4, 0.5) is 10.7 Å². The molecule has 3 aromatic rings. The van der Waals surface area contributed by atoms with Crippen molar-refractivity contribution in [1.82, 2.24) is 0 Å². The second-order valence-electron chi connectivity index (χ2n) is 6.52. The molecule has 8 nitrogen and oxygen atoms in total. The van der Waals surface area contributed by atoms with E-state index in [9.17, 15) is 20.0 Å². The Hall–Kier alpha value is -3.72. The van der Waals surface area contributed by atoms with Gasteiger partial charge in [0, 0.05) is 22.7 Å². The number of aryl methyl sites for hydroxylation is 1. The van der Waals surface area contributed by atoms with Gasteiger partial charge in [0.1, 0.15) is 16.3 Å². The van der Waals surface area contributed by atoms with Crippen molar-refractivity contribution >= 4 is 34.2 Å². The van der Waals surface area contributed by atoms with Crippen LogP contribution < -0.4 is 4.74 Å². The van der Waals surface area contributed by atoms with Gasteiger partial charge in [-0.1, -0.05) is 29.8 Å². The third-order valence-corrected chi connectivity index (χ3v) is 5.35. The zero-order chi connectivity index (χ0) is 22.5. The zero-order valence-corrected chi connectivity index (χ0v) is 17.9. The Labute approximate surface area is 182 Å². The lowest BCUT2D eigenvalue weighted by atomic mass is 10.0. The Morgan fingerprint density at radius 2 is 2.00 bits per heavy atom. The molecule has 0 amide bonds. The molecule has 2 aromatic carbocycles. The van der Waals surface area contributed by atoms with E-state index in [0.29, 0.717) is 16.1 Å². The fourth-order valence-electron chi connectivity index (χ4n) is 2.89. The largest absolute Gasteiger partial charge is 0.502 e. The van der Waals surface area contributed by atoms with Gasteiger partial charge in [-0.3, -0.25) is 10.1 Å². The lowest BCUT2D eigenvalue weighted by molar-refractivity contribution is -0.385. The molecule has 0 radical (unpaired) electrons. The van der Waals surface area contributed by atoms with E-state index in [1.54, 1.807) is 12.3 Å². The van der Waals surface area contributed by atoms with Crippen LogP contribution in [0.25, 0.3) is 11.1 Å². The van der Waals surface area contributed by atoms with Gasteiger partial charge >= 0.3 is 11.7 Å². The standard InChI is InChI=1S/C22H20N2O6S/c1-4-30-22(26)19-17(14-7-5-13(2)6-8-14)12-31-21(19)23-11-15-9-16(29-3)10-18(20(15)25)24(27)28/h5-12,25H,4H2,1-3H3/b23-11+. The van der Waals surface area contributed by atoms with Gasteiger partial charge in [-0.2, -0.15) is 0 Å². The molecule has 1 aromatic heterocycles. The normalized spacial score (nSPS) is 10.9. The summed E-state index contributed by atoms with van der Waals surface area (Å²) in [6, 6.07) is 10.2. The number of carbonyl (C=O) groups is 1. The van der Waals surface area contributed by atoms with Crippen LogP contribution in [0.5, 0.6) is 11.5 Å². The highest BCUT2D eigenvalue weighted by Crippen LogP contribution is 2.39. The summed E-state index contributed by atoms with van der Waals surface area (Å²) in [5.41, 5.74) is 2.49. The summed E-state index contributed by atoms with van der Waals surface area (Å²) in [7, 11) is 1.36. The minimum atomic E-state index is -0.708. The van der Waals surface area contributed by atoms with Crippen LogP contribution in [-0.2, 0) is 4.74 Å². The number of aliphatic imine (C=N–C) groups is 1. The SMILES string of the molecule is CCOC(=O)c1c(-c2ccc(C)cc2)csc1/N=C/c1cc(OC)cc([N+](=O)[O-])c1O. The molecule has 0 bridgehead atoms. The number of carbonyl (C=O) groups excluding carboxylic acids is 1. The van der Waals surface area contributed by atoms with Crippen LogP contribution in [0.3, 0.4) is 0 Å². The molecule has 0 unspecified atom stereocenters. The summed E-state index contributed by atoms with van der Waals surface area (Å²) < 4.78 is 10.3. The maximum atomic E-state index is 12.7. The number of hydrogen-bond acceptors (Lipinski definition) is 8. The molecule has 0 aliphatic rings. The number of nitro groups is 1. The molecule has 1 N–H and O–H groups in total. The van der Waals surface area contributed by atoms with Crippen LogP contribution in [0.15, 0.2) is 46.8 Å². The predicted molar refractivity (Wildman–Crippen MR) is 119 cm³/mol. The van der Waals surface area contributed by atoms with Crippen molar-refractivity contribution in [1.29, 1.82) is 0 Å². The van der Waals surface area contributed by atoms with Gasteiger partial charge in [-0.05, 0) is 25.5 Å². The van der Waals surface area contributed by atoms with Gasteiger partial charge in [0.15, 0.2) is 0 Å². The number of aromatic hydroxyl groups is 1. The summed E-state index contributed by atoms with van der Waals surface area (Å²) in [6.45, 7) is 3.89. The van der Waals surface area contributed by atoms with Gasteiger partial charge < -0.3 is 14.6 Å². The van der Waals surface area contributed by atoms with Crippen molar-refractivity contribution in [3.63, 3.8) is 0 Å². The number of phenols is 1. The first kappa shape index (κ1) is 22.0. The minimum Gasteiger partial charge on any atom is -0.502 e. The molecular formula is C22H20N2O6S. The zero-order valence-electron chi connectivity index (χ0n) is 17.1. The van der Waals surface area contributed by atoms with Crippen molar-refractivity contribution < 1.29 is 24.3 Å². The molecule has 0 saturated heterocycles. The van der Waals surface area contributed by atoms with Gasteiger partial charge in [-0.25, -0.2) is 9.79 Å². The molecular weight excluding hydrogens is 420 g/mol. The van der Waals surface area contributed by atoms with Gasteiger partial charge in [0.2, 0.25) is 5.75 Å². The highest BCUT2D eigenvalue weighted by Gasteiger charge is 2.22. The smallest absolute Gasteiger partial charge is 0.341 e. The van der Waals surface area contributed by atoms with Crippen molar-refractivity contribution in [2.45, 2.75) is 13.8 Å². The molecule has 31 heavy (non-hydrogen) atoms. The summed E-state index contributed by atoms with van der Waals surface area (Å²) in [5.74, 6) is -0.863. The van der Waals surface area contributed by atoms with Crippen molar-refractivity contribution in [2.24, 2.45) is 4.99 Å². The second kappa shape index (κ2) is 9.40. The van der Waals surface area contributed by atoms with Gasteiger partial charge in [-0.15, -0.1) is 11.3 Å². The average molecular weight is 440 g/mol. The Bertz CT molecular complexity index is 1150. The Morgan fingerprint density at radius 1 is 1.29 bits per heavy atom. The molecule has 1 heterocycles. The predicted octanol–water partition coefficient (Wildman–Crippen LogP) is 5.27. The van der Waals surface area contributed by atoms with E-state index < -0.39 is 22.3 Å². The molecule has 9 heteroatoms. The van der Waals surface area contributed by atoms with Crippen LogP contribution in [0, 0.1) is 17.0 Å². The van der Waals surface area contributed by atoms with Gasteiger partial charge in [0.05, 0.1) is 24.7 Å². The quantitative estimate of drug-likeness (QED) is 0.232. The summed E-state index contributed by atoms with van der Waals surface area (Å²) in [4.78, 5) is 27.5. The van der Waals surface area contributed by atoms with Crippen molar-refractivity contribution in [3.8, 4) is 22.6 Å². The van der Waals surface area contributed by atoms with E-state index in [0.717, 1.165) is 17.2 Å². The van der Waals surface area contributed by atoms with Crippen molar-refractivity contribution in [3.05, 3.63) is 68.6 Å². The lowest BCUT2D eigenvalue weighted by Gasteiger charge is -2.07. The molecule has 0 fully saturated rings. The number of benzene rings is 2. The maximum Gasteiger partial charge on any atom is 0.341 e. The highest BCUT2D eigenvalue weighted by atomic mass is 32.1. The van der Waals surface area contributed by atoms with Crippen LogP contribution >= 0.6 is 11.3 Å². The Balaban J connectivity index is 2.09. The molecule has 0 aliphatic heterocycles. The number of phenolic OH excluding ortho intramolecular Hbond substituents is 1. The monoisotopic (exact) mass is 440 g/mol. The third-order valence-electron chi connectivity index (χ3n) is 4.46. The van der Waals surface area contributed by atoms with E-state index in [1.165, 1.54) is 30.7 Å². The average Bonchev–Trinajstić information content (AvgIpc) is 3.17. The van der Waals surface area contributed by atoms with Crippen molar-refractivity contribution in [2.75, 3.05) is 13.7 Å². The van der Waals surface area contributed by atoms with Gasteiger partial charge in [0.25, 0.3) is 0 Å². The highest BCUT2D eigenvalue weighted by molar-refractivity contribution is 7.14. The number of methoxy groups -OCH3 is 1. The molecule has 3 rings (SSSR count). The molecule has 0 aliphatic carbocycles. The van der Waals surface area contributed by atoms with E-state index >= 15 is 0 Å². The first-order valence-electron chi connectivity index (χ1n) is 9.30. The Kier molecular flexibility index (Phi) is 6.66. The Morgan fingerprint density at radius 3 is 2.61 bits per heavy atom. The second-order valence-corrected chi connectivity index (χ2v) is 7.37. The molecule has 160 valence electrons. The number of nitrogens with zero attached hydrogens (tertiary/aromatic N) is 2. The number of hydrogen-bond donors (Lipinski definition) is 1. The number of ether oxygens (including phenoxy) is 2. The molecule has 0 saturated carbocycles. The minimum absolute atomic E-state index is 0.0890. The van der Waals surface area contributed by atoms with E-state index in [-0.39, 0.29) is 17.9 Å². The first-order chi connectivity index (χ1) is 14.8.